The van der Waals surface area contributed by atoms with Gasteiger partial charge in [-0.3, -0.25) is 10.1 Å². The molecule has 0 spiro atoms. The smallest absolute Gasteiger partial charge is 0.329 e. The van der Waals surface area contributed by atoms with Gasteiger partial charge < -0.3 is 15.2 Å². The van der Waals surface area contributed by atoms with Crippen LogP contribution in [0, 0.1) is 10.1 Å². The van der Waals surface area contributed by atoms with Gasteiger partial charge in [-0.1, -0.05) is 0 Å². The van der Waals surface area contributed by atoms with Gasteiger partial charge >= 0.3 is 5.69 Å². The summed E-state index contributed by atoms with van der Waals surface area (Å²) in [4.78, 5) is 22.3. The number of rotatable bonds is 8. The maximum Gasteiger partial charge on any atom is 0.329 e. The van der Waals surface area contributed by atoms with Gasteiger partial charge in [-0.05, 0) is 12.8 Å². The fourth-order valence-corrected chi connectivity index (χ4v) is 1.80. The van der Waals surface area contributed by atoms with E-state index in [-0.39, 0.29) is 11.5 Å². The maximum absolute atomic E-state index is 10.9. The van der Waals surface area contributed by atoms with E-state index >= 15 is 0 Å². The number of aromatic nitrogens is 4. The highest BCUT2D eigenvalue weighted by Gasteiger charge is 2.16. The Labute approximate surface area is 121 Å². The van der Waals surface area contributed by atoms with Crippen molar-refractivity contribution < 1.29 is 4.92 Å². The number of anilines is 2. The van der Waals surface area contributed by atoms with Crippen molar-refractivity contribution in [3.63, 3.8) is 0 Å². The van der Waals surface area contributed by atoms with Gasteiger partial charge in [-0.2, -0.15) is 4.98 Å². The Kier molecular flexibility index (Phi) is 5.02. The molecule has 112 valence electrons. The van der Waals surface area contributed by atoms with E-state index in [9.17, 15) is 10.1 Å². The van der Waals surface area contributed by atoms with Crippen LogP contribution in [0.15, 0.2) is 24.9 Å². The van der Waals surface area contributed by atoms with E-state index in [4.69, 9.17) is 0 Å². The SMILES string of the molecule is CNc1ncc([N+](=O)[O-])c(NCCCCn2ccnc2)n1. The molecule has 0 aliphatic rings. The van der Waals surface area contributed by atoms with Gasteiger partial charge in [-0.25, -0.2) is 9.97 Å². The summed E-state index contributed by atoms with van der Waals surface area (Å²) in [5.74, 6) is 0.587. The van der Waals surface area contributed by atoms with Crippen LogP contribution in [0.2, 0.25) is 0 Å². The fraction of sp³-hybridized carbons (Fsp3) is 0.417. The quantitative estimate of drug-likeness (QED) is 0.431. The number of aryl methyl sites for hydroxylation is 1. The Morgan fingerprint density at radius 1 is 1.43 bits per heavy atom. The first-order valence-corrected chi connectivity index (χ1v) is 6.59. The van der Waals surface area contributed by atoms with Crippen LogP contribution in [0.25, 0.3) is 0 Å². The molecule has 21 heavy (non-hydrogen) atoms. The molecule has 0 saturated heterocycles. The number of hydrogen-bond acceptors (Lipinski definition) is 7. The molecule has 0 radical (unpaired) electrons. The van der Waals surface area contributed by atoms with Crippen LogP contribution in [-0.2, 0) is 6.54 Å². The largest absolute Gasteiger partial charge is 0.364 e. The van der Waals surface area contributed by atoms with E-state index in [0.717, 1.165) is 19.4 Å². The van der Waals surface area contributed by atoms with Gasteiger partial charge in [-0.15, -0.1) is 0 Å². The predicted molar refractivity (Wildman–Crippen MR) is 78.2 cm³/mol. The molecule has 0 fully saturated rings. The third kappa shape index (κ3) is 4.13. The lowest BCUT2D eigenvalue weighted by atomic mass is 10.3. The lowest BCUT2D eigenvalue weighted by Crippen LogP contribution is -2.09. The van der Waals surface area contributed by atoms with Crippen LogP contribution >= 0.6 is 0 Å². The third-order valence-corrected chi connectivity index (χ3v) is 2.88. The Bertz CT molecular complexity index is 585. The Balaban J connectivity index is 1.85. The van der Waals surface area contributed by atoms with Gasteiger partial charge in [0.05, 0.1) is 11.3 Å². The van der Waals surface area contributed by atoms with Crippen molar-refractivity contribution in [3.8, 4) is 0 Å². The molecule has 0 aliphatic carbocycles. The molecule has 2 aromatic rings. The molecule has 0 aromatic carbocycles. The average Bonchev–Trinajstić information content (AvgIpc) is 2.99. The predicted octanol–water partition coefficient (Wildman–Crippen LogP) is 1.52. The number of nitrogens with one attached hydrogen (secondary N) is 2. The second-order valence-corrected chi connectivity index (χ2v) is 4.37. The Hall–Kier alpha value is -2.71. The van der Waals surface area contributed by atoms with Gasteiger partial charge in [0.2, 0.25) is 11.8 Å². The second kappa shape index (κ2) is 7.17. The van der Waals surface area contributed by atoms with E-state index in [1.807, 2.05) is 10.8 Å². The van der Waals surface area contributed by atoms with Crippen molar-refractivity contribution >= 4 is 17.5 Å². The summed E-state index contributed by atoms with van der Waals surface area (Å²) in [6.45, 7) is 1.48. The van der Waals surface area contributed by atoms with Crippen LogP contribution in [0.3, 0.4) is 0 Å². The molecule has 9 nitrogen and oxygen atoms in total. The molecule has 9 heteroatoms. The van der Waals surface area contributed by atoms with Gasteiger partial charge in [0.1, 0.15) is 6.20 Å². The van der Waals surface area contributed by atoms with Crippen molar-refractivity contribution in [2.24, 2.45) is 0 Å². The van der Waals surface area contributed by atoms with E-state index in [2.05, 4.69) is 25.6 Å². The average molecular weight is 291 g/mol. The van der Waals surface area contributed by atoms with Gasteiger partial charge in [0, 0.05) is 32.5 Å². The fourth-order valence-electron chi connectivity index (χ4n) is 1.80. The van der Waals surface area contributed by atoms with Crippen molar-refractivity contribution in [3.05, 3.63) is 35.0 Å². The molecular formula is C12H17N7O2. The Morgan fingerprint density at radius 2 is 2.29 bits per heavy atom. The number of imidazole rings is 1. The van der Waals surface area contributed by atoms with Crippen molar-refractivity contribution in [1.82, 2.24) is 19.5 Å². The summed E-state index contributed by atoms with van der Waals surface area (Å²) in [5.41, 5.74) is -0.122. The van der Waals surface area contributed by atoms with Crippen LogP contribution in [0.4, 0.5) is 17.5 Å². The Morgan fingerprint density at radius 3 is 2.95 bits per heavy atom. The maximum atomic E-state index is 10.9. The molecule has 2 aromatic heterocycles. The summed E-state index contributed by atoms with van der Waals surface area (Å²) >= 11 is 0. The first kappa shape index (κ1) is 14.7. The minimum Gasteiger partial charge on any atom is -0.364 e. The second-order valence-electron chi connectivity index (χ2n) is 4.37. The third-order valence-electron chi connectivity index (χ3n) is 2.88. The monoisotopic (exact) mass is 291 g/mol. The van der Waals surface area contributed by atoms with E-state index in [1.54, 1.807) is 19.6 Å². The zero-order valence-electron chi connectivity index (χ0n) is 11.7. The lowest BCUT2D eigenvalue weighted by molar-refractivity contribution is -0.384. The number of nitro groups is 1. The van der Waals surface area contributed by atoms with Gasteiger partial charge in [0.25, 0.3) is 0 Å². The number of nitrogens with zero attached hydrogens (tertiary/aromatic N) is 5. The number of unbranched alkanes of at least 4 members (excludes halogenated alkanes) is 1. The molecule has 0 bridgehead atoms. The molecule has 2 heterocycles. The first-order valence-electron chi connectivity index (χ1n) is 6.59. The molecule has 0 aliphatic heterocycles. The highest BCUT2D eigenvalue weighted by molar-refractivity contribution is 5.56. The topological polar surface area (TPSA) is 111 Å². The zero-order chi connectivity index (χ0) is 15.1. The highest BCUT2D eigenvalue weighted by atomic mass is 16.6. The zero-order valence-corrected chi connectivity index (χ0v) is 11.7. The van der Waals surface area contributed by atoms with E-state index in [1.165, 1.54) is 6.20 Å². The summed E-state index contributed by atoms with van der Waals surface area (Å²) < 4.78 is 1.99. The van der Waals surface area contributed by atoms with Crippen molar-refractivity contribution in [1.29, 1.82) is 0 Å². The summed E-state index contributed by atoms with van der Waals surface area (Å²) in [6, 6.07) is 0. The minimum absolute atomic E-state index is 0.122. The molecule has 0 atom stereocenters. The minimum atomic E-state index is -0.493. The molecule has 2 N–H and O–H groups in total. The molecule has 0 saturated carbocycles. The van der Waals surface area contributed by atoms with Crippen LogP contribution in [-0.4, -0.2) is 38.0 Å². The molecule has 0 amide bonds. The summed E-state index contributed by atoms with van der Waals surface area (Å²) in [6.07, 6.45) is 8.42. The molecule has 2 rings (SSSR count). The number of hydrogen-bond donors (Lipinski definition) is 2. The highest BCUT2D eigenvalue weighted by Crippen LogP contribution is 2.21. The van der Waals surface area contributed by atoms with Crippen molar-refractivity contribution in [2.75, 3.05) is 24.2 Å². The van der Waals surface area contributed by atoms with E-state index in [0.29, 0.717) is 12.5 Å². The van der Waals surface area contributed by atoms with E-state index < -0.39 is 4.92 Å². The first-order chi connectivity index (χ1) is 10.2. The lowest BCUT2D eigenvalue weighted by Gasteiger charge is -2.07. The van der Waals surface area contributed by atoms with Gasteiger partial charge in [0.15, 0.2) is 0 Å². The van der Waals surface area contributed by atoms with Crippen LogP contribution in [0.1, 0.15) is 12.8 Å². The molecular weight excluding hydrogens is 274 g/mol. The molecule has 0 unspecified atom stereocenters. The van der Waals surface area contributed by atoms with Crippen molar-refractivity contribution in [2.45, 2.75) is 19.4 Å². The summed E-state index contributed by atoms with van der Waals surface area (Å²) in [7, 11) is 1.66. The normalized spacial score (nSPS) is 10.3. The standard InChI is InChI=1S/C12H17N7O2/c1-13-12-16-8-10(19(20)21)11(17-12)15-4-2-3-6-18-7-5-14-9-18/h5,7-9H,2-4,6H2,1H3,(H2,13,15,16,17). The van der Waals surface area contributed by atoms with Crippen LogP contribution in [0.5, 0.6) is 0 Å². The summed E-state index contributed by atoms with van der Waals surface area (Å²) in [5, 5.41) is 16.7. The van der Waals surface area contributed by atoms with Crippen LogP contribution < -0.4 is 10.6 Å².